The van der Waals surface area contributed by atoms with Gasteiger partial charge in [-0.3, -0.25) is 4.90 Å². The molecule has 4 heteroatoms. The molecule has 1 aliphatic rings. The second-order valence-electron chi connectivity index (χ2n) is 4.34. The molecule has 0 spiro atoms. The van der Waals surface area contributed by atoms with Crippen molar-refractivity contribution in [3.05, 3.63) is 35.4 Å². The molecule has 1 aromatic rings. The van der Waals surface area contributed by atoms with Crippen molar-refractivity contribution in [2.24, 2.45) is 0 Å². The van der Waals surface area contributed by atoms with Gasteiger partial charge in [-0.05, 0) is 24.6 Å². The van der Waals surface area contributed by atoms with Crippen molar-refractivity contribution in [1.82, 2.24) is 10.2 Å². The van der Waals surface area contributed by atoms with Crippen molar-refractivity contribution in [2.75, 3.05) is 19.6 Å². The maximum absolute atomic E-state index is 13.0. The second kappa shape index (κ2) is 4.89. The Labute approximate surface area is 94.3 Å². The number of halogens is 2. The van der Waals surface area contributed by atoms with Gasteiger partial charge < -0.3 is 5.32 Å². The lowest BCUT2D eigenvalue weighted by Crippen LogP contribution is -2.48. The number of rotatable bonds is 2. The molecule has 1 aliphatic heterocycles. The molecule has 2 rings (SSSR count). The van der Waals surface area contributed by atoms with Crippen LogP contribution in [0.15, 0.2) is 18.2 Å². The number of hydrogen-bond donors (Lipinski definition) is 1. The average molecular weight is 226 g/mol. The summed E-state index contributed by atoms with van der Waals surface area (Å²) in [4.78, 5) is 2.24. The van der Waals surface area contributed by atoms with Gasteiger partial charge in [0, 0.05) is 32.2 Å². The number of nitrogens with zero attached hydrogens (tertiary/aromatic N) is 1. The van der Waals surface area contributed by atoms with Gasteiger partial charge in [0.2, 0.25) is 0 Å². The zero-order chi connectivity index (χ0) is 11.5. The third kappa shape index (κ3) is 2.77. The summed E-state index contributed by atoms with van der Waals surface area (Å²) < 4.78 is 25.7. The molecule has 0 aromatic heterocycles. The molecule has 0 amide bonds. The topological polar surface area (TPSA) is 15.3 Å². The lowest BCUT2D eigenvalue weighted by molar-refractivity contribution is 0.199. The monoisotopic (exact) mass is 226 g/mol. The van der Waals surface area contributed by atoms with Crippen LogP contribution in [0.2, 0.25) is 0 Å². The first-order valence-electron chi connectivity index (χ1n) is 5.55. The number of piperazine rings is 1. The minimum absolute atomic E-state index is 0.457. The third-order valence-corrected chi connectivity index (χ3v) is 2.84. The lowest BCUT2D eigenvalue weighted by Gasteiger charge is -2.31. The summed E-state index contributed by atoms with van der Waals surface area (Å²) in [6, 6.07) is 4.57. The van der Waals surface area contributed by atoms with Gasteiger partial charge in [-0.1, -0.05) is 6.07 Å². The molecule has 16 heavy (non-hydrogen) atoms. The Kier molecular flexibility index (Phi) is 3.51. The minimum atomic E-state index is -0.780. The van der Waals surface area contributed by atoms with Gasteiger partial charge >= 0.3 is 0 Å². The zero-order valence-electron chi connectivity index (χ0n) is 9.34. The van der Waals surface area contributed by atoms with Gasteiger partial charge in [0.05, 0.1) is 0 Å². The van der Waals surface area contributed by atoms with Crippen molar-refractivity contribution in [2.45, 2.75) is 19.5 Å². The van der Waals surface area contributed by atoms with Crippen LogP contribution in [-0.4, -0.2) is 30.6 Å². The lowest BCUT2D eigenvalue weighted by atomic mass is 10.1. The van der Waals surface area contributed by atoms with E-state index >= 15 is 0 Å². The summed E-state index contributed by atoms with van der Waals surface area (Å²) >= 11 is 0. The Morgan fingerprint density at radius 2 is 2.19 bits per heavy atom. The van der Waals surface area contributed by atoms with Crippen LogP contribution in [0.5, 0.6) is 0 Å². The van der Waals surface area contributed by atoms with E-state index in [9.17, 15) is 8.78 Å². The summed E-state index contributed by atoms with van der Waals surface area (Å²) in [5.74, 6) is -1.54. The Morgan fingerprint density at radius 3 is 2.88 bits per heavy atom. The van der Waals surface area contributed by atoms with Gasteiger partial charge in [-0.2, -0.15) is 0 Å². The molecule has 2 nitrogen and oxygen atoms in total. The summed E-state index contributed by atoms with van der Waals surface area (Å²) in [5.41, 5.74) is 0.827. The van der Waals surface area contributed by atoms with E-state index in [2.05, 4.69) is 17.1 Å². The Morgan fingerprint density at radius 1 is 1.38 bits per heavy atom. The number of nitrogens with one attached hydrogen (secondary N) is 1. The Bertz CT molecular complexity index is 368. The van der Waals surface area contributed by atoms with Gasteiger partial charge in [0.1, 0.15) is 0 Å². The molecule has 1 heterocycles. The van der Waals surface area contributed by atoms with E-state index in [1.165, 1.54) is 12.1 Å². The summed E-state index contributed by atoms with van der Waals surface area (Å²) in [5, 5.41) is 3.34. The highest BCUT2D eigenvalue weighted by Gasteiger charge is 2.15. The van der Waals surface area contributed by atoms with Crippen LogP contribution in [0, 0.1) is 11.6 Å². The van der Waals surface area contributed by atoms with E-state index < -0.39 is 11.6 Å². The third-order valence-electron chi connectivity index (χ3n) is 2.84. The van der Waals surface area contributed by atoms with E-state index in [-0.39, 0.29) is 0 Å². The molecule has 1 atom stereocenters. The van der Waals surface area contributed by atoms with Crippen LogP contribution in [0.4, 0.5) is 8.78 Å². The fourth-order valence-electron chi connectivity index (χ4n) is 2.05. The molecule has 1 aromatic carbocycles. The van der Waals surface area contributed by atoms with Gasteiger partial charge in [0.15, 0.2) is 11.6 Å². The first-order chi connectivity index (χ1) is 7.65. The maximum atomic E-state index is 13.0. The molecule has 0 bridgehead atoms. The van der Waals surface area contributed by atoms with E-state index in [1.807, 2.05) is 0 Å². The van der Waals surface area contributed by atoms with Gasteiger partial charge in [0.25, 0.3) is 0 Å². The van der Waals surface area contributed by atoms with E-state index in [0.29, 0.717) is 12.6 Å². The zero-order valence-corrected chi connectivity index (χ0v) is 9.34. The van der Waals surface area contributed by atoms with Crippen molar-refractivity contribution in [3.8, 4) is 0 Å². The molecule has 0 saturated carbocycles. The first-order valence-corrected chi connectivity index (χ1v) is 5.55. The molecule has 1 N–H and O–H groups in total. The van der Waals surface area contributed by atoms with Crippen molar-refractivity contribution >= 4 is 0 Å². The predicted molar refractivity (Wildman–Crippen MR) is 59.1 cm³/mol. The standard InChI is InChI=1S/C12H16F2N2/c1-9-7-16(5-4-15-9)8-10-2-3-11(13)12(14)6-10/h2-3,6,9,15H,4-5,7-8H2,1H3/t9-/m1/s1. The minimum Gasteiger partial charge on any atom is -0.312 e. The van der Waals surface area contributed by atoms with E-state index in [0.717, 1.165) is 25.2 Å². The van der Waals surface area contributed by atoms with Crippen molar-refractivity contribution in [1.29, 1.82) is 0 Å². The SMILES string of the molecule is C[C@@H]1CN(Cc2ccc(F)c(F)c2)CCN1. The van der Waals surface area contributed by atoms with Crippen LogP contribution < -0.4 is 5.32 Å². The average Bonchev–Trinajstić information content (AvgIpc) is 2.24. The highest BCUT2D eigenvalue weighted by Crippen LogP contribution is 2.12. The quantitative estimate of drug-likeness (QED) is 0.826. The van der Waals surface area contributed by atoms with E-state index in [4.69, 9.17) is 0 Å². The molecule has 1 saturated heterocycles. The van der Waals surface area contributed by atoms with E-state index in [1.54, 1.807) is 6.07 Å². The highest BCUT2D eigenvalue weighted by atomic mass is 19.2. The van der Waals surface area contributed by atoms with Gasteiger partial charge in [-0.25, -0.2) is 8.78 Å². The van der Waals surface area contributed by atoms with Crippen LogP contribution >= 0.6 is 0 Å². The highest BCUT2D eigenvalue weighted by molar-refractivity contribution is 5.17. The molecule has 0 aliphatic carbocycles. The van der Waals surface area contributed by atoms with Crippen LogP contribution in [0.3, 0.4) is 0 Å². The Hall–Kier alpha value is -1.00. The van der Waals surface area contributed by atoms with Crippen molar-refractivity contribution in [3.63, 3.8) is 0 Å². The normalized spacial score (nSPS) is 22.3. The fourth-order valence-corrected chi connectivity index (χ4v) is 2.05. The predicted octanol–water partition coefficient (Wildman–Crippen LogP) is 1.76. The smallest absolute Gasteiger partial charge is 0.159 e. The maximum Gasteiger partial charge on any atom is 0.159 e. The van der Waals surface area contributed by atoms with Crippen LogP contribution in [0.1, 0.15) is 12.5 Å². The van der Waals surface area contributed by atoms with Gasteiger partial charge in [-0.15, -0.1) is 0 Å². The van der Waals surface area contributed by atoms with Crippen molar-refractivity contribution < 1.29 is 8.78 Å². The number of benzene rings is 1. The molecule has 0 unspecified atom stereocenters. The second-order valence-corrected chi connectivity index (χ2v) is 4.34. The number of hydrogen-bond acceptors (Lipinski definition) is 2. The van der Waals surface area contributed by atoms with Crippen LogP contribution in [0.25, 0.3) is 0 Å². The summed E-state index contributed by atoms with van der Waals surface area (Å²) in [6.45, 7) is 5.65. The first kappa shape index (κ1) is 11.5. The molecular weight excluding hydrogens is 210 g/mol. The summed E-state index contributed by atoms with van der Waals surface area (Å²) in [7, 11) is 0. The van der Waals surface area contributed by atoms with Crippen LogP contribution in [-0.2, 0) is 6.54 Å². The summed E-state index contributed by atoms with van der Waals surface area (Å²) in [6.07, 6.45) is 0. The fraction of sp³-hybridized carbons (Fsp3) is 0.500. The molecule has 88 valence electrons. The largest absolute Gasteiger partial charge is 0.312 e. The molecular formula is C12H16F2N2. The molecule has 1 fully saturated rings. The molecule has 0 radical (unpaired) electrons. The Balaban J connectivity index is 2.00.